The van der Waals surface area contributed by atoms with Crippen molar-refractivity contribution in [3.8, 4) is 5.75 Å². The van der Waals surface area contributed by atoms with E-state index in [-0.39, 0.29) is 24.2 Å². The number of ether oxygens (including phenoxy) is 3. The van der Waals surface area contributed by atoms with Crippen molar-refractivity contribution in [1.82, 2.24) is 15.6 Å². The van der Waals surface area contributed by atoms with Gasteiger partial charge < -0.3 is 24.8 Å². The molecule has 10 nitrogen and oxygen atoms in total. The van der Waals surface area contributed by atoms with Gasteiger partial charge in [-0.25, -0.2) is 19.5 Å². The van der Waals surface area contributed by atoms with Crippen molar-refractivity contribution in [3.63, 3.8) is 0 Å². The normalized spacial score (nSPS) is 10.4. The van der Waals surface area contributed by atoms with E-state index in [0.29, 0.717) is 28.6 Å². The summed E-state index contributed by atoms with van der Waals surface area (Å²) in [5.41, 5.74) is 2.95. The Morgan fingerprint density at radius 3 is 2.02 bits per heavy atom. The van der Waals surface area contributed by atoms with Crippen LogP contribution in [0.1, 0.15) is 73.6 Å². The van der Waals surface area contributed by atoms with Crippen molar-refractivity contribution < 1.29 is 28.6 Å². The number of benzene rings is 3. The van der Waals surface area contributed by atoms with Crippen LogP contribution < -0.4 is 20.3 Å². The highest BCUT2D eigenvalue weighted by Gasteiger charge is 2.28. The summed E-state index contributed by atoms with van der Waals surface area (Å²) in [6.07, 6.45) is 4.44. The molecule has 11 heteroatoms. The van der Waals surface area contributed by atoms with E-state index in [4.69, 9.17) is 14.2 Å². The van der Waals surface area contributed by atoms with Gasteiger partial charge in [0.25, 0.3) is 5.91 Å². The second kappa shape index (κ2) is 21.6. The van der Waals surface area contributed by atoms with Crippen LogP contribution in [-0.4, -0.2) is 35.8 Å². The van der Waals surface area contributed by atoms with Crippen molar-refractivity contribution in [2.45, 2.75) is 73.8 Å². The SMILES string of the molecule is C=C/C=C\C.CC.COc1ccccc1N(C(=O)OCc1ccccc1)c1nc(C)c(C(=O)NCc2ccc(CNC(=O)OC(C)(C)C)cc2)s1. The van der Waals surface area contributed by atoms with Crippen LogP contribution in [0.15, 0.2) is 104 Å². The number of aryl methyl sites for hydroxylation is 1. The Hall–Kier alpha value is -5.42. The average molecular weight is 715 g/mol. The first-order chi connectivity index (χ1) is 24.4. The van der Waals surface area contributed by atoms with Crippen molar-refractivity contribution in [3.05, 3.63) is 131 Å². The van der Waals surface area contributed by atoms with Gasteiger partial charge >= 0.3 is 12.2 Å². The van der Waals surface area contributed by atoms with E-state index in [1.54, 1.807) is 37.3 Å². The minimum Gasteiger partial charge on any atom is -0.495 e. The molecule has 272 valence electrons. The van der Waals surface area contributed by atoms with Gasteiger partial charge in [-0.3, -0.25) is 4.79 Å². The molecule has 0 aliphatic heterocycles. The van der Waals surface area contributed by atoms with Crippen LogP contribution in [0, 0.1) is 6.92 Å². The van der Waals surface area contributed by atoms with Crippen molar-refractivity contribution in [2.75, 3.05) is 12.0 Å². The Morgan fingerprint density at radius 1 is 0.882 bits per heavy atom. The fourth-order valence-corrected chi connectivity index (χ4v) is 5.22. The van der Waals surface area contributed by atoms with Crippen LogP contribution in [0.4, 0.5) is 20.4 Å². The van der Waals surface area contributed by atoms with E-state index in [0.717, 1.165) is 28.0 Å². The zero-order chi connectivity index (χ0) is 37.8. The molecule has 0 saturated carbocycles. The number of alkyl carbamates (subject to hydrolysis) is 1. The minimum atomic E-state index is -0.652. The molecular formula is C40H50N4O6S. The lowest BCUT2D eigenvalue weighted by Crippen LogP contribution is -2.32. The number of nitrogens with one attached hydrogen (secondary N) is 2. The number of allylic oxidation sites excluding steroid dienone is 3. The van der Waals surface area contributed by atoms with Gasteiger partial charge in [-0.15, -0.1) is 0 Å². The quantitative estimate of drug-likeness (QED) is 0.149. The topological polar surface area (TPSA) is 119 Å². The molecule has 3 aromatic carbocycles. The highest BCUT2D eigenvalue weighted by Crippen LogP contribution is 2.37. The molecule has 1 aromatic heterocycles. The van der Waals surface area contributed by atoms with E-state index in [1.165, 1.54) is 12.0 Å². The maximum absolute atomic E-state index is 13.4. The molecule has 0 fully saturated rings. The minimum absolute atomic E-state index is 0.0683. The first kappa shape index (κ1) is 41.7. The molecule has 4 rings (SSSR count). The molecule has 0 aliphatic rings. The monoisotopic (exact) mass is 714 g/mol. The number of carbonyl (C=O) groups excluding carboxylic acids is 3. The van der Waals surface area contributed by atoms with E-state index >= 15 is 0 Å². The van der Waals surface area contributed by atoms with Gasteiger partial charge in [0.2, 0.25) is 5.13 Å². The van der Waals surface area contributed by atoms with Crippen LogP contribution >= 0.6 is 11.3 Å². The molecule has 0 unspecified atom stereocenters. The molecule has 0 spiro atoms. The standard InChI is InChI=1S/C33H36N4O6S.C5H8.C2H6/c1-22-28(29(38)34-19-23-15-17-24(18-16-23)20-35-31(39)43-33(2,3)4)44-30(36-22)37(26-13-9-10-14-27(26)41-5)32(40)42-21-25-11-7-6-8-12-25;1-3-5-4-2;1-2/h6-18H,19-21H2,1-5H3,(H,34,38)(H,35,39);3-5H,1H2,2H3;1-2H3/b;5-4-;. The number of thiazole rings is 1. The van der Waals surface area contributed by atoms with E-state index in [1.807, 2.05) is 108 Å². The number of methoxy groups -OCH3 is 1. The number of hydrogen-bond acceptors (Lipinski definition) is 8. The summed E-state index contributed by atoms with van der Waals surface area (Å²) in [6, 6.07) is 23.9. The number of rotatable bonds is 11. The van der Waals surface area contributed by atoms with Crippen LogP contribution in [0.25, 0.3) is 0 Å². The second-order valence-electron chi connectivity index (χ2n) is 11.6. The first-order valence-electron chi connectivity index (χ1n) is 16.6. The number of hydrogen-bond donors (Lipinski definition) is 2. The Balaban J connectivity index is 0.00000118. The zero-order valence-electron chi connectivity index (χ0n) is 30.8. The van der Waals surface area contributed by atoms with Crippen LogP contribution in [0.5, 0.6) is 5.75 Å². The predicted molar refractivity (Wildman–Crippen MR) is 206 cm³/mol. The van der Waals surface area contributed by atoms with Crippen LogP contribution in [0.2, 0.25) is 0 Å². The number of para-hydroxylation sites is 2. The number of aromatic nitrogens is 1. The van der Waals surface area contributed by atoms with E-state index < -0.39 is 17.8 Å². The molecule has 1 heterocycles. The van der Waals surface area contributed by atoms with Crippen molar-refractivity contribution in [1.29, 1.82) is 0 Å². The molecule has 0 bridgehead atoms. The highest BCUT2D eigenvalue weighted by molar-refractivity contribution is 7.17. The van der Waals surface area contributed by atoms with Gasteiger partial charge in [0.05, 0.1) is 18.5 Å². The Labute approximate surface area is 306 Å². The Bertz CT molecular complexity index is 1710. The van der Waals surface area contributed by atoms with Gasteiger partial charge in [-0.2, -0.15) is 0 Å². The third-order valence-electron chi connectivity index (χ3n) is 6.54. The lowest BCUT2D eigenvalue weighted by Gasteiger charge is -2.21. The molecule has 51 heavy (non-hydrogen) atoms. The summed E-state index contributed by atoms with van der Waals surface area (Å²) in [7, 11) is 1.52. The molecule has 0 atom stereocenters. The maximum atomic E-state index is 13.4. The van der Waals surface area contributed by atoms with Gasteiger partial charge in [0, 0.05) is 13.1 Å². The third kappa shape index (κ3) is 14.1. The summed E-state index contributed by atoms with van der Waals surface area (Å²) in [4.78, 5) is 44.8. The van der Waals surface area contributed by atoms with Crippen LogP contribution in [-0.2, 0) is 29.2 Å². The lowest BCUT2D eigenvalue weighted by atomic mass is 10.1. The van der Waals surface area contributed by atoms with Gasteiger partial charge in [-0.05, 0) is 63.4 Å². The molecule has 4 aromatic rings. The van der Waals surface area contributed by atoms with E-state index in [9.17, 15) is 14.4 Å². The largest absolute Gasteiger partial charge is 0.495 e. The average Bonchev–Trinajstić information content (AvgIpc) is 3.51. The van der Waals surface area contributed by atoms with Crippen LogP contribution in [0.3, 0.4) is 0 Å². The molecule has 0 saturated heterocycles. The summed E-state index contributed by atoms with van der Waals surface area (Å²) in [5, 5.41) is 5.93. The Kier molecular flexibility index (Phi) is 17.7. The van der Waals surface area contributed by atoms with E-state index in [2.05, 4.69) is 22.2 Å². The molecule has 2 N–H and O–H groups in total. The zero-order valence-corrected chi connectivity index (χ0v) is 31.6. The second-order valence-corrected chi connectivity index (χ2v) is 12.6. The lowest BCUT2D eigenvalue weighted by molar-refractivity contribution is 0.0523. The third-order valence-corrected chi connectivity index (χ3v) is 7.68. The molecule has 0 aliphatic carbocycles. The summed E-state index contributed by atoms with van der Waals surface area (Å²) in [6.45, 7) is 17.2. The Morgan fingerprint density at radius 2 is 1.47 bits per heavy atom. The van der Waals surface area contributed by atoms with Crippen molar-refractivity contribution in [2.24, 2.45) is 0 Å². The summed E-state index contributed by atoms with van der Waals surface area (Å²) >= 11 is 1.08. The fraction of sp³-hybridized carbons (Fsp3) is 0.300. The molecular weight excluding hydrogens is 665 g/mol. The fourth-order valence-electron chi connectivity index (χ4n) is 4.23. The molecule has 0 radical (unpaired) electrons. The maximum Gasteiger partial charge on any atom is 0.421 e. The summed E-state index contributed by atoms with van der Waals surface area (Å²) < 4.78 is 16.4. The van der Waals surface area contributed by atoms with Gasteiger partial charge in [0.1, 0.15) is 22.8 Å². The molecule has 3 amide bonds. The number of nitrogens with zero attached hydrogens (tertiary/aromatic N) is 2. The first-order valence-corrected chi connectivity index (χ1v) is 17.4. The van der Waals surface area contributed by atoms with Crippen molar-refractivity contribution >= 4 is 40.2 Å². The highest BCUT2D eigenvalue weighted by atomic mass is 32.1. The number of anilines is 2. The van der Waals surface area contributed by atoms with Gasteiger partial charge in [-0.1, -0.05) is 117 Å². The number of amides is 3. The van der Waals surface area contributed by atoms with Gasteiger partial charge in [0.15, 0.2) is 0 Å². The summed E-state index contributed by atoms with van der Waals surface area (Å²) in [5.74, 6) is 0.132. The predicted octanol–water partition coefficient (Wildman–Crippen LogP) is 9.66. The smallest absolute Gasteiger partial charge is 0.421 e. The number of carbonyl (C=O) groups is 3.